The third kappa shape index (κ3) is 3.37. The second-order valence-corrected chi connectivity index (χ2v) is 5.54. The van der Waals surface area contributed by atoms with Crippen LogP contribution < -0.4 is 11.1 Å². The zero-order valence-corrected chi connectivity index (χ0v) is 12.0. The summed E-state index contributed by atoms with van der Waals surface area (Å²) in [7, 11) is 0. The van der Waals surface area contributed by atoms with E-state index >= 15 is 0 Å². The number of nitrogens with one attached hydrogen (secondary N) is 1. The molecule has 1 amide bonds. The monoisotopic (exact) mass is 284 g/mol. The summed E-state index contributed by atoms with van der Waals surface area (Å²) in [4.78, 5) is 18.7. The standard InChI is InChI=1S/C16H20N4O/c17-12-6-9-20(10-7-12)11-16(21)19-15-5-1-4-14-13(15)3-2-8-18-14/h1-5,8,12H,6-7,9-11,17H2,(H,19,21). The van der Waals surface area contributed by atoms with Gasteiger partial charge in [-0.2, -0.15) is 0 Å². The topological polar surface area (TPSA) is 71.2 Å². The molecular weight excluding hydrogens is 264 g/mol. The summed E-state index contributed by atoms with van der Waals surface area (Å²) >= 11 is 0. The van der Waals surface area contributed by atoms with Crippen LogP contribution in [0, 0.1) is 0 Å². The molecule has 1 aliphatic heterocycles. The lowest BCUT2D eigenvalue weighted by Crippen LogP contribution is -2.43. The van der Waals surface area contributed by atoms with E-state index in [1.165, 1.54) is 0 Å². The van der Waals surface area contributed by atoms with Gasteiger partial charge in [-0.1, -0.05) is 6.07 Å². The van der Waals surface area contributed by atoms with Crippen molar-refractivity contribution in [3.05, 3.63) is 36.5 Å². The molecule has 1 saturated heterocycles. The largest absolute Gasteiger partial charge is 0.328 e. The number of hydrogen-bond acceptors (Lipinski definition) is 4. The number of carbonyl (C=O) groups excluding carboxylic acids is 1. The summed E-state index contributed by atoms with van der Waals surface area (Å²) in [5, 5.41) is 3.96. The number of pyridine rings is 1. The van der Waals surface area contributed by atoms with Gasteiger partial charge in [-0.05, 0) is 37.1 Å². The van der Waals surface area contributed by atoms with Crippen LogP contribution in [0.15, 0.2) is 36.5 Å². The molecule has 5 heteroatoms. The number of aromatic nitrogens is 1. The molecule has 0 atom stereocenters. The zero-order valence-electron chi connectivity index (χ0n) is 12.0. The van der Waals surface area contributed by atoms with Crippen molar-refractivity contribution in [2.75, 3.05) is 25.0 Å². The lowest BCUT2D eigenvalue weighted by molar-refractivity contribution is -0.117. The Hall–Kier alpha value is -1.98. The van der Waals surface area contributed by atoms with Gasteiger partial charge in [0.05, 0.1) is 17.7 Å². The highest BCUT2D eigenvalue weighted by Crippen LogP contribution is 2.21. The smallest absolute Gasteiger partial charge is 0.238 e. The lowest BCUT2D eigenvalue weighted by atomic mass is 10.1. The van der Waals surface area contributed by atoms with Crippen LogP contribution >= 0.6 is 0 Å². The van der Waals surface area contributed by atoms with E-state index in [4.69, 9.17) is 5.73 Å². The van der Waals surface area contributed by atoms with E-state index in [0.29, 0.717) is 6.54 Å². The van der Waals surface area contributed by atoms with Crippen LogP contribution in [0.4, 0.5) is 5.69 Å². The lowest BCUT2D eigenvalue weighted by Gasteiger charge is -2.29. The molecule has 3 rings (SSSR count). The Morgan fingerprint density at radius 3 is 2.90 bits per heavy atom. The molecular formula is C16H20N4O. The van der Waals surface area contributed by atoms with E-state index in [9.17, 15) is 4.79 Å². The molecule has 21 heavy (non-hydrogen) atoms. The summed E-state index contributed by atoms with van der Waals surface area (Å²) in [6.45, 7) is 2.21. The minimum Gasteiger partial charge on any atom is -0.328 e. The number of amides is 1. The highest BCUT2D eigenvalue weighted by molar-refractivity contribution is 6.01. The highest BCUT2D eigenvalue weighted by Gasteiger charge is 2.18. The summed E-state index contributed by atoms with van der Waals surface area (Å²) in [6.07, 6.45) is 3.68. The highest BCUT2D eigenvalue weighted by atomic mass is 16.2. The van der Waals surface area contributed by atoms with Crippen molar-refractivity contribution in [2.45, 2.75) is 18.9 Å². The van der Waals surface area contributed by atoms with E-state index in [1.807, 2.05) is 30.3 Å². The Labute approximate surface area is 124 Å². The minimum absolute atomic E-state index is 0.0156. The average molecular weight is 284 g/mol. The molecule has 1 aromatic heterocycles. The van der Waals surface area contributed by atoms with E-state index in [0.717, 1.165) is 42.5 Å². The van der Waals surface area contributed by atoms with Gasteiger partial charge >= 0.3 is 0 Å². The van der Waals surface area contributed by atoms with Gasteiger partial charge in [0.25, 0.3) is 0 Å². The van der Waals surface area contributed by atoms with Gasteiger partial charge in [0.1, 0.15) is 0 Å². The van der Waals surface area contributed by atoms with Crippen LogP contribution in [0.5, 0.6) is 0 Å². The Kier molecular flexibility index (Phi) is 4.13. The fourth-order valence-electron chi connectivity index (χ4n) is 2.72. The number of piperidine rings is 1. The number of nitrogens with zero attached hydrogens (tertiary/aromatic N) is 2. The minimum atomic E-state index is 0.0156. The predicted octanol–water partition coefficient (Wildman–Crippen LogP) is 1.60. The number of anilines is 1. The summed E-state index contributed by atoms with van der Waals surface area (Å²) in [5.41, 5.74) is 7.59. The quantitative estimate of drug-likeness (QED) is 0.898. The van der Waals surface area contributed by atoms with Crippen molar-refractivity contribution in [3.63, 3.8) is 0 Å². The molecule has 0 radical (unpaired) electrons. The van der Waals surface area contributed by atoms with Crippen LogP contribution in [0.25, 0.3) is 10.9 Å². The van der Waals surface area contributed by atoms with Crippen molar-refractivity contribution < 1.29 is 4.79 Å². The van der Waals surface area contributed by atoms with Crippen molar-refractivity contribution in [3.8, 4) is 0 Å². The average Bonchev–Trinajstić information content (AvgIpc) is 2.50. The molecule has 2 aromatic rings. The first kappa shape index (κ1) is 14.0. The molecule has 0 bridgehead atoms. The maximum atomic E-state index is 12.2. The first-order valence-corrected chi connectivity index (χ1v) is 7.34. The number of hydrogen-bond donors (Lipinski definition) is 2. The summed E-state index contributed by atoms with van der Waals surface area (Å²) < 4.78 is 0. The molecule has 0 aliphatic carbocycles. The molecule has 1 aliphatic rings. The number of benzene rings is 1. The summed E-state index contributed by atoms with van der Waals surface area (Å²) in [5.74, 6) is 0.0156. The molecule has 3 N–H and O–H groups in total. The Balaban J connectivity index is 1.66. The van der Waals surface area contributed by atoms with E-state index in [2.05, 4.69) is 15.2 Å². The van der Waals surface area contributed by atoms with Gasteiger partial charge < -0.3 is 11.1 Å². The Morgan fingerprint density at radius 1 is 1.29 bits per heavy atom. The number of rotatable bonds is 3. The van der Waals surface area contributed by atoms with Gasteiger partial charge in [0.2, 0.25) is 5.91 Å². The first-order chi connectivity index (χ1) is 10.2. The van der Waals surface area contributed by atoms with Crippen LogP contribution in [-0.2, 0) is 4.79 Å². The molecule has 0 spiro atoms. The van der Waals surface area contributed by atoms with E-state index in [-0.39, 0.29) is 11.9 Å². The van der Waals surface area contributed by atoms with E-state index < -0.39 is 0 Å². The van der Waals surface area contributed by atoms with Gasteiger partial charge in [-0.25, -0.2) is 0 Å². The van der Waals surface area contributed by atoms with Crippen LogP contribution in [0.1, 0.15) is 12.8 Å². The van der Waals surface area contributed by atoms with Crippen LogP contribution in [0.2, 0.25) is 0 Å². The fourth-order valence-corrected chi connectivity index (χ4v) is 2.72. The maximum absolute atomic E-state index is 12.2. The second kappa shape index (κ2) is 6.20. The van der Waals surface area contributed by atoms with Crippen LogP contribution in [0.3, 0.4) is 0 Å². The summed E-state index contributed by atoms with van der Waals surface area (Å²) in [6, 6.07) is 9.89. The fraction of sp³-hybridized carbons (Fsp3) is 0.375. The van der Waals surface area contributed by atoms with Gasteiger partial charge in [-0.15, -0.1) is 0 Å². The molecule has 110 valence electrons. The zero-order chi connectivity index (χ0) is 14.7. The number of fused-ring (bicyclic) bond motifs is 1. The Morgan fingerprint density at radius 2 is 2.10 bits per heavy atom. The van der Waals surface area contributed by atoms with Crippen molar-refractivity contribution in [2.24, 2.45) is 5.73 Å². The third-order valence-electron chi connectivity index (χ3n) is 3.92. The Bertz CT molecular complexity index is 630. The third-order valence-corrected chi connectivity index (χ3v) is 3.92. The van der Waals surface area contributed by atoms with Crippen molar-refractivity contribution >= 4 is 22.5 Å². The number of nitrogens with two attached hydrogens (primary N) is 1. The predicted molar refractivity (Wildman–Crippen MR) is 84.0 cm³/mol. The van der Waals surface area contributed by atoms with E-state index in [1.54, 1.807) is 6.20 Å². The molecule has 1 fully saturated rings. The molecule has 0 unspecified atom stereocenters. The van der Waals surface area contributed by atoms with Gasteiger partial charge in [0.15, 0.2) is 0 Å². The second-order valence-electron chi connectivity index (χ2n) is 5.54. The molecule has 0 saturated carbocycles. The first-order valence-electron chi connectivity index (χ1n) is 7.34. The number of likely N-dealkylation sites (tertiary alicyclic amines) is 1. The van der Waals surface area contributed by atoms with Gasteiger partial charge in [0, 0.05) is 30.7 Å². The maximum Gasteiger partial charge on any atom is 0.238 e. The van der Waals surface area contributed by atoms with Gasteiger partial charge in [-0.3, -0.25) is 14.7 Å². The molecule has 2 heterocycles. The SMILES string of the molecule is NC1CCN(CC(=O)Nc2cccc3ncccc23)CC1. The molecule has 1 aromatic carbocycles. The molecule has 5 nitrogen and oxygen atoms in total. The normalized spacial score (nSPS) is 17.0. The van der Waals surface area contributed by atoms with Crippen LogP contribution in [-0.4, -0.2) is 41.5 Å². The van der Waals surface area contributed by atoms with Crippen molar-refractivity contribution in [1.82, 2.24) is 9.88 Å². The van der Waals surface area contributed by atoms with Crippen molar-refractivity contribution in [1.29, 1.82) is 0 Å². The number of carbonyl (C=O) groups is 1.